The van der Waals surface area contributed by atoms with E-state index >= 15 is 0 Å². The van der Waals surface area contributed by atoms with Crippen LogP contribution >= 0.6 is 0 Å². The molecule has 2 N–H and O–H groups in total. The molecule has 2 aliphatic rings. The number of likely N-dealkylation sites (tertiary alicyclic amines) is 1. The van der Waals surface area contributed by atoms with Gasteiger partial charge >= 0.3 is 0 Å². The van der Waals surface area contributed by atoms with E-state index in [2.05, 4.69) is 0 Å². The first kappa shape index (κ1) is 15.3. The maximum absolute atomic E-state index is 12.3. The van der Waals surface area contributed by atoms with Crippen LogP contribution in [0.5, 0.6) is 5.75 Å². The Kier molecular flexibility index (Phi) is 4.10. The average molecular weight is 324 g/mol. The van der Waals surface area contributed by atoms with Crippen LogP contribution in [0.15, 0.2) is 18.2 Å². The molecule has 7 heteroatoms. The van der Waals surface area contributed by atoms with Crippen molar-refractivity contribution in [1.29, 1.82) is 0 Å². The van der Waals surface area contributed by atoms with Crippen LogP contribution in [-0.2, 0) is 27.7 Å². The minimum atomic E-state index is -3.47. The largest absolute Gasteiger partial charge is 0.493 e. The Bertz CT molecular complexity index is 687. The molecule has 1 aromatic carbocycles. The lowest BCUT2D eigenvalue weighted by molar-refractivity contribution is -0.129. The fourth-order valence-corrected chi connectivity index (χ4v) is 4.09. The molecule has 0 bridgehead atoms. The van der Waals surface area contributed by atoms with E-state index in [1.54, 1.807) is 4.90 Å². The molecular weight excluding hydrogens is 304 g/mol. The molecule has 1 saturated heterocycles. The second kappa shape index (κ2) is 5.89. The summed E-state index contributed by atoms with van der Waals surface area (Å²) in [6.45, 7) is 1.78. The molecule has 1 unspecified atom stereocenters. The first-order chi connectivity index (χ1) is 10.4. The van der Waals surface area contributed by atoms with Gasteiger partial charge in [0.1, 0.15) is 5.75 Å². The van der Waals surface area contributed by atoms with Crippen LogP contribution in [-0.4, -0.2) is 44.7 Å². The number of sulfonamides is 1. The SMILES string of the molecule is NS(=O)(=O)CC1CCN(C(=O)Cc2ccc3c(c2)CCO3)C1. The molecule has 6 nitrogen and oxygen atoms in total. The van der Waals surface area contributed by atoms with Crippen LogP contribution in [0.25, 0.3) is 0 Å². The summed E-state index contributed by atoms with van der Waals surface area (Å²) in [4.78, 5) is 14.1. The highest BCUT2D eigenvalue weighted by Gasteiger charge is 2.28. The molecule has 0 radical (unpaired) electrons. The molecule has 0 aromatic heterocycles. The maximum atomic E-state index is 12.3. The van der Waals surface area contributed by atoms with Crippen LogP contribution in [0, 0.1) is 5.92 Å². The van der Waals surface area contributed by atoms with Gasteiger partial charge in [-0.25, -0.2) is 13.6 Å². The molecule has 1 fully saturated rings. The summed E-state index contributed by atoms with van der Waals surface area (Å²) in [5.74, 6) is 0.848. The molecule has 1 amide bonds. The van der Waals surface area contributed by atoms with Gasteiger partial charge in [-0.15, -0.1) is 0 Å². The molecule has 120 valence electrons. The van der Waals surface area contributed by atoms with E-state index in [1.807, 2.05) is 18.2 Å². The molecule has 3 rings (SSSR count). The summed E-state index contributed by atoms with van der Waals surface area (Å²) in [5, 5.41) is 5.07. The Labute approximate surface area is 130 Å². The van der Waals surface area contributed by atoms with Gasteiger partial charge in [-0.1, -0.05) is 12.1 Å². The number of ether oxygens (including phenoxy) is 1. The predicted octanol–water partition coefficient (Wildman–Crippen LogP) is 0.301. The molecule has 22 heavy (non-hydrogen) atoms. The number of amides is 1. The molecular formula is C15H20N2O4S. The summed E-state index contributed by atoms with van der Waals surface area (Å²) in [6, 6.07) is 5.86. The van der Waals surface area contributed by atoms with Gasteiger partial charge in [-0.3, -0.25) is 4.79 Å². The molecule has 0 spiro atoms. The number of carbonyl (C=O) groups excluding carboxylic acids is 1. The number of fused-ring (bicyclic) bond motifs is 1. The average Bonchev–Trinajstić information content (AvgIpc) is 3.05. The number of primary sulfonamides is 1. The normalized spacial score (nSPS) is 20.8. The van der Waals surface area contributed by atoms with Gasteiger partial charge in [0, 0.05) is 19.5 Å². The van der Waals surface area contributed by atoms with Crippen molar-refractivity contribution in [3.63, 3.8) is 0 Å². The van der Waals surface area contributed by atoms with Gasteiger partial charge in [0.2, 0.25) is 15.9 Å². The Hall–Kier alpha value is -1.60. The highest BCUT2D eigenvalue weighted by molar-refractivity contribution is 7.89. The lowest BCUT2D eigenvalue weighted by atomic mass is 10.1. The first-order valence-electron chi connectivity index (χ1n) is 7.43. The zero-order chi connectivity index (χ0) is 15.7. The summed E-state index contributed by atoms with van der Waals surface area (Å²) in [7, 11) is -3.47. The first-order valence-corrected chi connectivity index (χ1v) is 9.15. The number of nitrogens with zero attached hydrogens (tertiary/aromatic N) is 1. The molecule has 1 aromatic rings. The third-order valence-electron chi connectivity index (χ3n) is 4.22. The van der Waals surface area contributed by atoms with Crippen molar-refractivity contribution in [3.05, 3.63) is 29.3 Å². The number of rotatable bonds is 4. The standard InChI is InChI=1S/C15H20N2O4S/c16-22(19,20)10-12-3-5-17(9-12)15(18)8-11-1-2-14-13(7-11)4-6-21-14/h1-2,7,12H,3-6,8-10H2,(H2,16,19,20). The van der Waals surface area contributed by atoms with E-state index in [9.17, 15) is 13.2 Å². The molecule has 1 atom stereocenters. The minimum Gasteiger partial charge on any atom is -0.493 e. The van der Waals surface area contributed by atoms with Gasteiger partial charge in [-0.2, -0.15) is 0 Å². The van der Waals surface area contributed by atoms with E-state index in [1.165, 1.54) is 0 Å². The Balaban J connectivity index is 1.59. The number of hydrogen-bond donors (Lipinski definition) is 1. The van der Waals surface area contributed by atoms with Crippen molar-refractivity contribution < 1.29 is 17.9 Å². The molecule has 0 aliphatic carbocycles. The maximum Gasteiger partial charge on any atom is 0.226 e. The van der Waals surface area contributed by atoms with Crippen LogP contribution in [0.1, 0.15) is 17.5 Å². The number of benzene rings is 1. The van der Waals surface area contributed by atoms with Crippen molar-refractivity contribution in [2.45, 2.75) is 19.3 Å². The van der Waals surface area contributed by atoms with Gasteiger partial charge in [0.25, 0.3) is 0 Å². The van der Waals surface area contributed by atoms with Crippen LogP contribution in [0.4, 0.5) is 0 Å². The number of nitrogens with two attached hydrogens (primary N) is 1. The highest BCUT2D eigenvalue weighted by atomic mass is 32.2. The second-order valence-corrected chi connectivity index (χ2v) is 7.70. The van der Waals surface area contributed by atoms with E-state index in [4.69, 9.17) is 9.88 Å². The summed E-state index contributed by atoms with van der Waals surface area (Å²) >= 11 is 0. The predicted molar refractivity (Wildman–Crippen MR) is 82.0 cm³/mol. The lowest BCUT2D eigenvalue weighted by Gasteiger charge is -2.16. The van der Waals surface area contributed by atoms with Gasteiger partial charge in [-0.05, 0) is 29.5 Å². The fraction of sp³-hybridized carbons (Fsp3) is 0.533. The van der Waals surface area contributed by atoms with Crippen molar-refractivity contribution in [1.82, 2.24) is 4.90 Å². The van der Waals surface area contributed by atoms with Crippen molar-refractivity contribution >= 4 is 15.9 Å². The summed E-state index contributed by atoms with van der Waals surface area (Å²) in [5.41, 5.74) is 2.13. The van der Waals surface area contributed by atoms with E-state index < -0.39 is 10.0 Å². The van der Waals surface area contributed by atoms with Crippen LogP contribution < -0.4 is 9.88 Å². The number of hydrogen-bond acceptors (Lipinski definition) is 4. The van der Waals surface area contributed by atoms with Crippen LogP contribution in [0.3, 0.4) is 0 Å². The smallest absolute Gasteiger partial charge is 0.226 e. The minimum absolute atomic E-state index is 0.0378. The van der Waals surface area contributed by atoms with Gasteiger partial charge in [0.05, 0.1) is 18.8 Å². The van der Waals surface area contributed by atoms with Gasteiger partial charge < -0.3 is 9.64 Å². The van der Waals surface area contributed by atoms with Crippen molar-refractivity contribution in [2.24, 2.45) is 11.1 Å². The molecule has 2 heterocycles. The Morgan fingerprint density at radius 3 is 3.00 bits per heavy atom. The van der Waals surface area contributed by atoms with Crippen LogP contribution in [0.2, 0.25) is 0 Å². The topological polar surface area (TPSA) is 89.7 Å². The quantitative estimate of drug-likeness (QED) is 0.862. The second-order valence-electron chi connectivity index (χ2n) is 6.04. The van der Waals surface area contributed by atoms with E-state index in [0.29, 0.717) is 32.5 Å². The van der Waals surface area contributed by atoms with Crippen molar-refractivity contribution in [3.8, 4) is 5.75 Å². The number of carbonyl (C=O) groups is 1. The highest BCUT2D eigenvalue weighted by Crippen LogP contribution is 2.26. The fourth-order valence-electron chi connectivity index (χ4n) is 3.16. The van der Waals surface area contributed by atoms with E-state index in [0.717, 1.165) is 23.3 Å². The third kappa shape index (κ3) is 3.59. The Morgan fingerprint density at radius 2 is 2.23 bits per heavy atom. The summed E-state index contributed by atoms with van der Waals surface area (Å²) < 4.78 is 27.7. The zero-order valence-corrected chi connectivity index (χ0v) is 13.1. The van der Waals surface area contributed by atoms with Crippen molar-refractivity contribution in [2.75, 3.05) is 25.4 Å². The Morgan fingerprint density at radius 1 is 1.41 bits per heavy atom. The van der Waals surface area contributed by atoms with Gasteiger partial charge in [0.15, 0.2) is 0 Å². The third-order valence-corrected chi connectivity index (χ3v) is 5.15. The molecule has 0 saturated carbocycles. The monoisotopic (exact) mass is 324 g/mol. The molecule has 2 aliphatic heterocycles. The lowest BCUT2D eigenvalue weighted by Crippen LogP contribution is -2.31. The van der Waals surface area contributed by atoms with E-state index in [-0.39, 0.29) is 17.6 Å². The zero-order valence-electron chi connectivity index (χ0n) is 12.3. The summed E-state index contributed by atoms with van der Waals surface area (Å²) in [6.07, 6.45) is 1.92.